The molecule has 0 aliphatic carbocycles. The minimum absolute atomic E-state index is 0.745. The van der Waals surface area contributed by atoms with E-state index in [2.05, 4.69) is 20.4 Å². The van der Waals surface area contributed by atoms with E-state index in [0.29, 0.717) is 0 Å². The van der Waals surface area contributed by atoms with Crippen molar-refractivity contribution in [3.63, 3.8) is 0 Å². The number of aliphatic imine (C=N–C) groups is 1. The van der Waals surface area contributed by atoms with Crippen molar-refractivity contribution in [1.29, 1.82) is 0 Å². The van der Waals surface area contributed by atoms with Crippen molar-refractivity contribution >= 4 is 17.8 Å². The first-order valence-electron chi connectivity index (χ1n) is 5.33. The van der Waals surface area contributed by atoms with Gasteiger partial charge in [0.1, 0.15) is 6.34 Å². The molecule has 0 bridgehead atoms. The van der Waals surface area contributed by atoms with Gasteiger partial charge in [-0.1, -0.05) is 6.07 Å². The van der Waals surface area contributed by atoms with Crippen molar-refractivity contribution < 1.29 is 0 Å². The molecule has 0 saturated heterocycles. The van der Waals surface area contributed by atoms with Crippen molar-refractivity contribution in [2.75, 3.05) is 5.43 Å². The molecule has 0 spiro atoms. The molecule has 17 heavy (non-hydrogen) atoms. The minimum Gasteiger partial charge on any atom is -0.297 e. The zero-order chi connectivity index (χ0) is 11.5. The lowest BCUT2D eigenvalue weighted by molar-refractivity contribution is 0.498. The number of aromatic nitrogens is 2. The van der Waals surface area contributed by atoms with E-state index in [1.54, 1.807) is 24.9 Å². The normalized spacial score (nSPS) is 13.3. The molecule has 3 rings (SSSR count). The molecule has 0 fully saturated rings. The lowest BCUT2D eigenvalue weighted by atomic mass is 10.2. The van der Waals surface area contributed by atoms with E-state index in [9.17, 15) is 0 Å². The number of hydrogen-bond donors (Lipinski definition) is 1. The summed E-state index contributed by atoms with van der Waals surface area (Å²) in [6.45, 7) is 0.745. The lowest BCUT2D eigenvalue weighted by Gasteiger charge is -2.24. The number of anilines is 1. The highest BCUT2D eigenvalue weighted by molar-refractivity contribution is 5.66. The van der Waals surface area contributed by atoms with Crippen molar-refractivity contribution in [1.82, 2.24) is 15.0 Å². The minimum atomic E-state index is 0.745. The SMILES string of the molecule is C1=Nc2ncccc2CN1Nc1ccncc1. The van der Waals surface area contributed by atoms with Gasteiger partial charge in [-0.2, -0.15) is 0 Å². The van der Waals surface area contributed by atoms with Crippen LogP contribution in [0.5, 0.6) is 0 Å². The van der Waals surface area contributed by atoms with Crippen molar-refractivity contribution in [3.8, 4) is 0 Å². The maximum Gasteiger partial charge on any atom is 0.158 e. The van der Waals surface area contributed by atoms with E-state index in [1.165, 1.54) is 0 Å². The second-order valence-corrected chi connectivity index (χ2v) is 3.71. The molecular weight excluding hydrogens is 214 g/mol. The molecule has 0 saturated carbocycles. The maximum atomic E-state index is 4.28. The molecule has 0 amide bonds. The number of pyridine rings is 2. The summed E-state index contributed by atoms with van der Waals surface area (Å²) < 4.78 is 0. The van der Waals surface area contributed by atoms with E-state index >= 15 is 0 Å². The summed E-state index contributed by atoms with van der Waals surface area (Å²) in [6, 6.07) is 7.77. The monoisotopic (exact) mass is 225 g/mol. The molecule has 2 aromatic heterocycles. The van der Waals surface area contributed by atoms with Gasteiger partial charge in [0.05, 0.1) is 12.2 Å². The third-order valence-corrected chi connectivity index (χ3v) is 2.48. The summed E-state index contributed by atoms with van der Waals surface area (Å²) in [5.41, 5.74) is 5.33. The number of hydrazine groups is 1. The quantitative estimate of drug-likeness (QED) is 0.849. The van der Waals surface area contributed by atoms with Gasteiger partial charge in [-0.15, -0.1) is 0 Å². The number of fused-ring (bicyclic) bond motifs is 1. The molecule has 1 aliphatic heterocycles. The average Bonchev–Trinajstić information content (AvgIpc) is 2.40. The zero-order valence-corrected chi connectivity index (χ0v) is 9.11. The van der Waals surface area contributed by atoms with Crippen LogP contribution >= 0.6 is 0 Å². The van der Waals surface area contributed by atoms with Gasteiger partial charge in [0.25, 0.3) is 0 Å². The van der Waals surface area contributed by atoms with Crippen molar-refractivity contribution in [2.24, 2.45) is 4.99 Å². The molecule has 84 valence electrons. The molecular formula is C12H11N5. The van der Waals surface area contributed by atoms with Crippen molar-refractivity contribution in [3.05, 3.63) is 48.4 Å². The Morgan fingerprint density at radius 1 is 1.12 bits per heavy atom. The second-order valence-electron chi connectivity index (χ2n) is 3.71. The fourth-order valence-electron chi connectivity index (χ4n) is 1.68. The van der Waals surface area contributed by atoms with Crippen LogP contribution < -0.4 is 5.43 Å². The van der Waals surface area contributed by atoms with Gasteiger partial charge < -0.3 is 0 Å². The summed E-state index contributed by atoms with van der Waals surface area (Å²) in [5.74, 6) is 0.792. The predicted octanol–water partition coefficient (Wildman–Crippen LogP) is 1.98. The van der Waals surface area contributed by atoms with Crippen LogP contribution in [-0.4, -0.2) is 21.3 Å². The summed E-state index contributed by atoms with van der Waals surface area (Å²) in [4.78, 5) is 12.5. The Morgan fingerprint density at radius 2 is 2.00 bits per heavy atom. The highest BCUT2D eigenvalue weighted by atomic mass is 15.5. The fraction of sp³-hybridized carbons (Fsp3) is 0.0833. The van der Waals surface area contributed by atoms with Crippen LogP contribution in [0.2, 0.25) is 0 Å². The molecule has 0 unspecified atom stereocenters. The number of hydrogen-bond acceptors (Lipinski definition) is 5. The molecule has 5 heteroatoms. The first-order chi connectivity index (χ1) is 8.42. The molecule has 5 nitrogen and oxygen atoms in total. The standard InChI is InChI=1S/C12H11N5/c1-2-10-8-17(9-15-12(10)14-5-1)16-11-3-6-13-7-4-11/h1-7,9H,8H2,(H,13,16). The molecule has 3 heterocycles. The van der Waals surface area contributed by atoms with Gasteiger partial charge in [-0.05, 0) is 18.2 Å². The Morgan fingerprint density at radius 3 is 2.88 bits per heavy atom. The third kappa shape index (κ3) is 2.08. The van der Waals surface area contributed by atoms with Crippen molar-refractivity contribution in [2.45, 2.75) is 6.54 Å². The Bertz CT molecular complexity index is 538. The van der Waals surface area contributed by atoms with Crippen LogP contribution in [0.1, 0.15) is 5.56 Å². The number of rotatable bonds is 2. The Hall–Kier alpha value is -2.43. The summed E-state index contributed by atoms with van der Waals surface area (Å²) in [7, 11) is 0. The summed E-state index contributed by atoms with van der Waals surface area (Å²) in [6.07, 6.45) is 7.00. The van der Waals surface area contributed by atoms with Crippen LogP contribution in [0, 0.1) is 0 Å². The van der Waals surface area contributed by atoms with Crippen LogP contribution in [0.3, 0.4) is 0 Å². The van der Waals surface area contributed by atoms with Crippen LogP contribution in [0.15, 0.2) is 47.8 Å². The Kier molecular flexibility index (Phi) is 2.42. The number of nitrogens with zero attached hydrogens (tertiary/aromatic N) is 4. The molecule has 1 N–H and O–H groups in total. The third-order valence-electron chi connectivity index (χ3n) is 2.48. The molecule has 1 aliphatic rings. The Labute approximate surface area is 98.8 Å². The molecule has 2 aromatic rings. The largest absolute Gasteiger partial charge is 0.297 e. The highest BCUT2D eigenvalue weighted by Crippen LogP contribution is 2.20. The van der Waals surface area contributed by atoms with E-state index in [0.717, 1.165) is 23.6 Å². The molecule has 0 radical (unpaired) electrons. The van der Waals surface area contributed by atoms with E-state index in [4.69, 9.17) is 0 Å². The van der Waals surface area contributed by atoms with Gasteiger partial charge in [0, 0.05) is 24.2 Å². The van der Waals surface area contributed by atoms with Gasteiger partial charge in [0.2, 0.25) is 0 Å². The average molecular weight is 225 g/mol. The van der Waals surface area contributed by atoms with Crippen LogP contribution in [-0.2, 0) is 6.54 Å². The zero-order valence-electron chi connectivity index (χ0n) is 9.11. The molecule has 0 atom stereocenters. The first-order valence-corrected chi connectivity index (χ1v) is 5.33. The first kappa shape index (κ1) is 9.77. The highest BCUT2D eigenvalue weighted by Gasteiger charge is 2.11. The van der Waals surface area contributed by atoms with Crippen LogP contribution in [0.25, 0.3) is 0 Å². The van der Waals surface area contributed by atoms with Gasteiger partial charge in [0.15, 0.2) is 5.82 Å². The van der Waals surface area contributed by atoms with Gasteiger partial charge in [-0.25, -0.2) is 9.98 Å². The summed E-state index contributed by atoms with van der Waals surface area (Å²) in [5, 5.41) is 1.92. The second kappa shape index (κ2) is 4.21. The van der Waals surface area contributed by atoms with E-state index < -0.39 is 0 Å². The van der Waals surface area contributed by atoms with Gasteiger partial charge >= 0.3 is 0 Å². The molecule has 0 aromatic carbocycles. The van der Waals surface area contributed by atoms with Gasteiger partial charge in [-0.3, -0.25) is 15.4 Å². The maximum absolute atomic E-state index is 4.28. The van der Waals surface area contributed by atoms with E-state index in [-0.39, 0.29) is 0 Å². The van der Waals surface area contributed by atoms with E-state index in [1.807, 2.05) is 29.3 Å². The Balaban J connectivity index is 1.77. The number of nitrogens with one attached hydrogen (secondary N) is 1. The predicted molar refractivity (Wildman–Crippen MR) is 65.8 cm³/mol. The lowest BCUT2D eigenvalue weighted by Crippen LogP contribution is -2.29. The summed E-state index contributed by atoms with van der Waals surface area (Å²) >= 11 is 0. The fourth-order valence-corrected chi connectivity index (χ4v) is 1.68. The topological polar surface area (TPSA) is 53.4 Å². The smallest absolute Gasteiger partial charge is 0.158 e. The van der Waals surface area contributed by atoms with Crippen LogP contribution in [0.4, 0.5) is 11.5 Å².